The van der Waals surface area contributed by atoms with Gasteiger partial charge in [-0.25, -0.2) is 4.79 Å². The maximum absolute atomic E-state index is 13.9. The lowest BCUT2D eigenvalue weighted by Gasteiger charge is -2.40. The number of ketones is 1. The van der Waals surface area contributed by atoms with Crippen LogP contribution >= 0.6 is 0 Å². The van der Waals surface area contributed by atoms with E-state index in [9.17, 15) is 29.1 Å². The number of allylic oxidation sites excluding steroid dienone is 1. The van der Waals surface area contributed by atoms with E-state index in [1.165, 1.54) is 20.8 Å². The molecule has 8 atom stereocenters. The van der Waals surface area contributed by atoms with Crippen LogP contribution in [0.3, 0.4) is 0 Å². The van der Waals surface area contributed by atoms with Crippen molar-refractivity contribution in [2.45, 2.75) is 91.8 Å². The third kappa shape index (κ3) is 7.60. The van der Waals surface area contributed by atoms with Crippen molar-refractivity contribution in [3.8, 4) is 0 Å². The van der Waals surface area contributed by atoms with Crippen LogP contribution in [0, 0.1) is 23.2 Å². The second-order valence-corrected chi connectivity index (χ2v) is 12.2. The number of hydrogen-bond donors (Lipinski definition) is 1. The molecule has 3 rings (SSSR count). The maximum atomic E-state index is 13.9. The van der Waals surface area contributed by atoms with Gasteiger partial charge in [-0.1, -0.05) is 64.1 Å². The van der Waals surface area contributed by atoms with E-state index in [0.29, 0.717) is 11.1 Å². The molecule has 10 nitrogen and oxygen atoms in total. The number of rotatable bonds is 5. The quantitative estimate of drug-likeness (QED) is 0.298. The number of carbonyl (C=O) groups excluding carboxylic acids is 5. The first-order valence-electron chi connectivity index (χ1n) is 14.4. The zero-order valence-electron chi connectivity index (χ0n) is 26.0. The Kier molecular flexibility index (Phi) is 10.4. The van der Waals surface area contributed by atoms with E-state index < -0.39 is 82.8 Å². The van der Waals surface area contributed by atoms with Crippen LogP contribution in [-0.4, -0.2) is 64.8 Å². The fraction of sp³-hybridized carbons (Fsp3) is 0.545. The van der Waals surface area contributed by atoms with Crippen LogP contribution in [0.4, 0.5) is 0 Å². The van der Waals surface area contributed by atoms with Gasteiger partial charge in [0.2, 0.25) is 0 Å². The summed E-state index contributed by atoms with van der Waals surface area (Å²) in [5.41, 5.74) is -2.36. The van der Waals surface area contributed by atoms with Gasteiger partial charge in [0.05, 0.1) is 11.5 Å². The molecule has 0 heterocycles. The molecule has 0 amide bonds. The average Bonchev–Trinajstić information content (AvgIpc) is 3.16. The topological polar surface area (TPSA) is 143 Å². The van der Waals surface area contributed by atoms with Crippen LogP contribution < -0.4 is 0 Å². The lowest BCUT2D eigenvalue weighted by atomic mass is 9.75. The fourth-order valence-corrected chi connectivity index (χ4v) is 6.06. The van der Waals surface area contributed by atoms with Crippen molar-refractivity contribution in [1.29, 1.82) is 0 Å². The number of aliphatic hydroxyl groups is 1. The SMILES string of the molecule is CC(=O)O[C@H]1[C@H](OC(C)=O)C(C)=C[C@H]2[C@@H](OC(=O)c3ccccc3)[C@H](C)C[C@]2(O)C(=O)[C@@H](C)C=CC(C)(C)[C@@H]1OC(C)=O. The molecule has 43 heavy (non-hydrogen) atoms. The molecule has 0 radical (unpaired) electrons. The normalized spacial score (nSPS) is 32.3. The minimum atomic E-state index is -1.94. The molecule has 0 unspecified atom stereocenters. The van der Waals surface area contributed by atoms with Gasteiger partial charge in [0.1, 0.15) is 11.7 Å². The van der Waals surface area contributed by atoms with Crippen LogP contribution in [0.5, 0.6) is 0 Å². The van der Waals surface area contributed by atoms with Crippen molar-refractivity contribution in [2.75, 3.05) is 0 Å². The summed E-state index contributed by atoms with van der Waals surface area (Å²) in [5, 5.41) is 12.1. The van der Waals surface area contributed by atoms with Crippen LogP contribution in [0.15, 0.2) is 54.1 Å². The van der Waals surface area contributed by atoms with Gasteiger partial charge in [-0.05, 0) is 37.0 Å². The molecule has 1 aromatic carbocycles. The Balaban J connectivity index is 2.26. The molecule has 2 aliphatic carbocycles. The number of fused-ring (bicyclic) bond motifs is 1. The van der Waals surface area contributed by atoms with E-state index in [1.807, 2.05) is 0 Å². The number of benzene rings is 1. The molecule has 10 heteroatoms. The molecule has 1 aromatic rings. The highest BCUT2D eigenvalue weighted by molar-refractivity contribution is 5.92. The number of hydrogen-bond acceptors (Lipinski definition) is 10. The van der Waals surface area contributed by atoms with Gasteiger partial charge in [-0.3, -0.25) is 19.2 Å². The third-order valence-electron chi connectivity index (χ3n) is 8.12. The molecule has 1 saturated carbocycles. The number of ether oxygens (including phenoxy) is 4. The second-order valence-electron chi connectivity index (χ2n) is 12.2. The predicted molar refractivity (Wildman–Crippen MR) is 155 cm³/mol. The first-order valence-corrected chi connectivity index (χ1v) is 14.4. The van der Waals surface area contributed by atoms with Crippen molar-refractivity contribution in [3.05, 3.63) is 59.7 Å². The van der Waals surface area contributed by atoms with Gasteiger partial charge in [-0.2, -0.15) is 0 Å². The van der Waals surface area contributed by atoms with Crippen LogP contribution in [0.1, 0.15) is 72.2 Å². The van der Waals surface area contributed by atoms with Crippen molar-refractivity contribution in [1.82, 2.24) is 0 Å². The lowest BCUT2D eigenvalue weighted by molar-refractivity contribution is -0.187. The molecule has 0 aliphatic heterocycles. The molecule has 2 aliphatic rings. The summed E-state index contributed by atoms with van der Waals surface area (Å²) < 4.78 is 23.0. The Hall–Kier alpha value is -3.79. The highest BCUT2D eigenvalue weighted by atomic mass is 16.6. The Labute approximate surface area is 252 Å². The van der Waals surface area contributed by atoms with Gasteiger partial charge in [0.25, 0.3) is 0 Å². The number of esters is 4. The molecule has 234 valence electrons. The van der Waals surface area contributed by atoms with Gasteiger partial charge in [0.15, 0.2) is 24.1 Å². The van der Waals surface area contributed by atoms with Gasteiger partial charge >= 0.3 is 23.9 Å². The highest BCUT2D eigenvalue weighted by Crippen LogP contribution is 2.46. The number of Topliss-reactive ketones (excluding diaryl/α,β-unsaturated/α-hetero) is 1. The molecule has 0 aromatic heterocycles. The monoisotopic (exact) mass is 598 g/mol. The Bertz CT molecular complexity index is 1300. The lowest BCUT2D eigenvalue weighted by Crippen LogP contribution is -2.52. The van der Waals surface area contributed by atoms with Crippen LogP contribution in [-0.2, 0) is 38.1 Å². The Morgan fingerprint density at radius 3 is 2.00 bits per heavy atom. The number of carbonyl (C=O) groups is 5. The Morgan fingerprint density at radius 1 is 0.860 bits per heavy atom. The summed E-state index contributed by atoms with van der Waals surface area (Å²) in [4.78, 5) is 64.1. The van der Waals surface area contributed by atoms with Crippen molar-refractivity contribution >= 4 is 29.7 Å². The fourth-order valence-electron chi connectivity index (χ4n) is 6.06. The molecule has 1 fully saturated rings. The summed E-state index contributed by atoms with van der Waals surface area (Å²) in [7, 11) is 0. The predicted octanol–water partition coefficient (Wildman–Crippen LogP) is 4.14. The minimum Gasteiger partial charge on any atom is -0.458 e. The molecule has 1 N–H and O–H groups in total. The van der Waals surface area contributed by atoms with E-state index in [-0.39, 0.29) is 6.42 Å². The smallest absolute Gasteiger partial charge is 0.338 e. The largest absolute Gasteiger partial charge is 0.458 e. The minimum absolute atomic E-state index is 0.0102. The summed E-state index contributed by atoms with van der Waals surface area (Å²) in [6, 6.07) is 8.36. The highest BCUT2D eigenvalue weighted by Gasteiger charge is 2.57. The summed E-state index contributed by atoms with van der Waals surface area (Å²) >= 11 is 0. The first-order chi connectivity index (χ1) is 20.0. The van der Waals surface area contributed by atoms with E-state index in [2.05, 4.69) is 0 Å². The third-order valence-corrected chi connectivity index (χ3v) is 8.12. The summed E-state index contributed by atoms with van der Waals surface area (Å²) in [6.45, 7) is 12.1. The van der Waals surface area contributed by atoms with Gasteiger partial charge < -0.3 is 24.1 Å². The maximum Gasteiger partial charge on any atom is 0.338 e. The molecule has 0 saturated heterocycles. The van der Waals surface area contributed by atoms with Crippen LogP contribution in [0.2, 0.25) is 0 Å². The summed E-state index contributed by atoms with van der Waals surface area (Å²) in [5.74, 6) is -5.44. The van der Waals surface area contributed by atoms with E-state index in [4.69, 9.17) is 18.9 Å². The first kappa shape index (κ1) is 33.7. The standard InChI is InChI=1S/C33H42O10/c1-18-14-15-32(7,8)30(42-23(6)36)28(41-22(5)35)27(40-21(4)34)19(2)16-25-26(20(3)17-33(25,39)29(18)37)43-31(38)24-12-10-9-11-13-24/h9-16,18,20,25-28,30,39H,17H2,1-8H3/t18-,20+,25-,26-,27+,28-,30+,33+/m0/s1. The van der Waals surface area contributed by atoms with Crippen molar-refractivity contribution < 1.29 is 48.0 Å². The van der Waals surface area contributed by atoms with E-state index in [0.717, 1.165) is 0 Å². The van der Waals surface area contributed by atoms with E-state index >= 15 is 0 Å². The second kappa shape index (κ2) is 13.2. The Morgan fingerprint density at radius 2 is 1.44 bits per heavy atom. The molecular formula is C33H42O10. The molecule has 0 spiro atoms. The van der Waals surface area contributed by atoms with Crippen molar-refractivity contribution in [2.24, 2.45) is 23.2 Å². The molecule has 0 bridgehead atoms. The molecular weight excluding hydrogens is 556 g/mol. The van der Waals surface area contributed by atoms with Gasteiger partial charge in [0, 0.05) is 32.1 Å². The van der Waals surface area contributed by atoms with E-state index in [1.54, 1.807) is 83.2 Å². The van der Waals surface area contributed by atoms with Crippen LogP contribution in [0.25, 0.3) is 0 Å². The summed E-state index contributed by atoms with van der Waals surface area (Å²) in [6.07, 6.45) is 0.162. The van der Waals surface area contributed by atoms with Crippen molar-refractivity contribution in [3.63, 3.8) is 0 Å². The van der Waals surface area contributed by atoms with Gasteiger partial charge in [-0.15, -0.1) is 0 Å². The zero-order valence-corrected chi connectivity index (χ0v) is 26.0. The zero-order chi connectivity index (χ0) is 32.3. The average molecular weight is 599 g/mol.